The molecule has 27 heavy (non-hydrogen) atoms. The predicted molar refractivity (Wildman–Crippen MR) is 96.6 cm³/mol. The Kier molecular flexibility index (Phi) is 3.96. The van der Waals surface area contributed by atoms with Gasteiger partial charge in [0.1, 0.15) is 18.0 Å². The molecule has 0 radical (unpaired) electrons. The van der Waals surface area contributed by atoms with Crippen LogP contribution < -0.4 is 11.5 Å². The highest BCUT2D eigenvalue weighted by atomic mass is 19.2. The van der Waals surface area contributed by atoms with Crippen molar-refractivity contribution in [1.29, 1.82) is 0 Å². The van der Waals surface area contributed by atoms with Crippen molar-refractivity contribution in [3.05, 3.63) is 66.8 Å². The molecule has 0 unspecified atom stereocenters. The lowest BCUT2D eigenvalue weighted by atomic mass is 10.1. The van der Waals surface area contributed by atoms with E-state index in [1.807, 2.05) is 0 Å². The van der Waals surface area contributed by atoms with Crippen LogP contribution in [0.1, 0.15) is 0 Å². The molecule has 3 heterocycles. The van der Waals surface area contributed by atoms with E-state index < -0.39 is 11.6 Å². The van der Waals surface area contributed by atoms with Crippen molar-refractivity contribution in [2.75, 3.05) is 11.5 Å². The smallest absolute Gasteiger partial charge is 0.182 e. The molecule has 1 aromatic carbocycles. The molecule has 0 saturated heterocycles. The van der Waals surface area contributed by atoms with E-state index in [1.165, 1.54) is 23.0 Å². The molecule has 0 fully saturated rings. The molecule has 0 saturated carbocycles. The number of pyridine rings is 2. The van der Waals surface area contributed by atoms with Gasteiger partial charge < -0.3 is 11.5 Å². The number of rotatable bonds is 3. The molecule has 4 N–H and O–H groups in total. The molecule has 0 amide bonds. The highest BCUT2D eigenvalue weighted by molar-refractivity contribution is 5.80. The zero-order chi connectivity index (χ0) is 19.0. The summed E-state index contributed by atoms with van der Waals surface area (Å²) in [4.78, 5) is 8.22. The highest BCUT2D eigenvalue weighted by Gasteiger charge is 2.18. The maximum absolute atomic E-state index is 14.2. The van der Waals surface area contributed by atoms with E-state index >= 15 is 0 Å². The normalized spacial score (nSPS) is 10.9. The summed E-state index contributed by atoms with van der Waals surface area (Å²) in [6.45, 7) is 0. The average Bonchev–Trinajstić information content (AvgIpc) is 3.14. The highest BCUT2D eigenvalue weighted by Crippen LogP contribution is 2.31. The molecule has 3 aromatic heterocycles. The van der Waals surface area contributed by atoms with Gasteiger partial charge in [-0.3, -0.25) is 4.57 Å². The number of anilines is 2. The van der Waals surface area contributed by atoms with E-state index in [-0.39, 0.29) is 17.3 Å². The largest absolute Gasteiger partial charge is 0.383 e. The number of nitrogens with zero attached hydrogens (tertiary/aromatic N) is 5. The van der Waals surface area contributed by atoms with Crippen LogP contribution in [-0.2, 0) is 0 Å². The van der Waals surface area contributed by atoms with Crippen molar-refractivity contribution in [3.8, 4) is 28.2 Å². The van der Waals surface area contributed by atoms with E-state index in [2.05, 4.69) is 20.2 Å². The van der Waals surface area contributed by atoms with Crippen LogP contribution >= 0.6 is 0 Å². The quantitative estimate of drug-likeness (QED) is 0.578. The molecule has 0 bridgehead atoms. The van der Waals surface area contributed by atoms with Crippen LogP contribution in [0.15, 0.2) is 55.1 Å². The zero-order valence-corrected chi connectivity index (χ0v) is 13.8. The second-order valence-corrected chi connectivity index (χ2v) is 5.69. The van der Waals surface area contributed by atoms with Gasteiger partial charge in [-0.05, 0) is 30.3 Å². The predicted octanol–water partition coefficient (Wildman–Crippen LogP) is 2.83. The van der Waals surface area contributed by atoms with Crippen molar-refractivity contribution < 1.29 is 8.78 Å². The Labute approximate surface area is 152 Å². The summed E-state index contributed by atoms with van der Waals surface area (Å²) in [6, 6.07) is 9.07. The maximum Gasteiger partial charge on any atom is 0.182 e. The van der Waals surface area contributed by atoms with Crippen LogP contribution in [0.5, 0.6) is 0 Å². The molecule has 0 aliphatic heterocycles. The first-order valence-corrected chi connectivity index (χ1v) is 7.87. The number of hydrogen-bond acceptors (Lipinski definition) is 6. The van der Waals surface area contributed by atoms with Crippen molar-refractivity contribution in [1.82, 2.24) is 24.7 Å². The van der Waals surface area contributed by atoms with Gasteiger partial charge >= 0.3 is 0 Å². The summed E-state index contributed by atoms with van der Waals surface area (Å²) in [5.41, 5.74) is 13.6. The summed E-state index contributed by atoms with van der Waals surface area (Å²) in [6.07, 6.45) is 4.40. The fourth-order valence-electron chi connectivity index (χ4n) is 2.74. The van der Waals surface area contributed by atoms with Gasteiger partial charge in [0.25, 0.3) is 0 Å². The molecule has 0 atom stereocenters. The third-order valence-electron chi connectivity index (χ3n) is 4.05. The van der Waals surface area contributed by atoms with Crippen LogP contribution in [0.2, 0.25) is 0 Å². The van der Waals surface area contributed by atoms with Gasteiger partial charge in [0.05, 0.1) is 11.3 Å². The SMILES string of the molecule is Nc1ncccc1-c1cnc(N)c(-c2nncn2-c2cccc(F)c2F)c1. The first-order chi connectivity index (χ1) is 13.1. The number of benzene rings is 1. The van der Waals surface area contributed by atoms with Gasteiger partial charge in [-0.2, -0.15) is 0 Å². The number of nitrogen functional groups attached to an aromatic ring is 2. The Morgan fingerprint density at radius 2 is 1.74 bits per heavy atom. The minimum atomic E-state index is -1.02. The van der Waals surface area contributed by atoms with Gasteiger partial charge in [-0.15, -0.1) is 10.2 Å². The van der Waals surface area contributed by atoms with Gasteiger partial charge in [-0.1, -0.05) is 6.07 Å². The van der Waals surface area contributed by atoms with Crippen LogP contribution in [0.3, 0.4) is 0 Å². The van der Waals surface area contributed by atoms with Gasteiger partial charge in [0.15, 0.2) is 17.5 Å². The van der Waals surface area contributed by atoms with Gasteiger partial charge in [0, 0.05) is 23.5 Å². The van der Waals surface area contributed by atoms with Crippen LogP contribution in [0.25, 0.3) is 28.2 Å². The van der Waals surface area contributed by atoms with Crippen LogP contribution in [0.4, 0.5) is 20.4 Å². The van der Waals surface area contributed by atoms with Crippen molar-refractivity contribution >= 4 is 11.6 Å². The van der Waals surface area contributed by atoms with Crippen LogP contribution in [-0.4, -0.2) is 24.7 Å². The number of aromatic nitrogens is 5. The zero-order valence-electron chi connectivity index (χ0n) is 13.8. The molecule has 134 valence electrons. The van der Waals surface area contributed by atoms with E-state index in [0.29, 0.717) is 22.5 Å². The second kappa shape index (κ2) is 6.45. The summed E-state index contributed by atoms with van der Waals surface area (Å²) in [5.74, 6) is -1.29. The van der Waals surface area contributed by atoms with Crippen molar-refractivity contribution in [3.63, 3.8) is 0 Å². The average molecular weight is 365 g/mol. The molecule has 0 aliphatic rings. The standard InChI is InChI=1S/C18H13F2N7/c19-13-4-1-5-14(15(13)20)27-9-25-26-18(27)12-7-10(8-24-17(12)22)11-3-2-6-23-16(11)21/h1-9H,(H2,21,23)(H2,22,24). The maximum atomic E-state index is 14.2. The molecule has 0 spiro atoms. The van der Waals surface area contributed by atoms with E-state index in [9.17, 15) is 8.78 Å². The molecule has 4 rings (SSSR count). The first-order valence-electron chi connectivity index (χ1n) is 7.87. The Morgan fingerprint density at radius 1 is 0.926 bits per heavy atom. The lowest BCUT2D eigenvalue weighted by Gasteiger charge is -2.11. The molecule has 4 aromatic rings. The molecular formula is C18H13F2N7. The van der Waals surface area contributed by atoms with Gasteiger partial charge in [0.2, 0.25) is 0 Å². The van der Waals surface area contributed by atoms with Crippen LogP contribution in [0, 0.1) is 11.6 Å². The fourth-order valence-corrected chi connectivity index (χ4v) is 2.74. The van der Waals surface area contributed by atoms with E-state index in [1.54, 1.807) is 30.6 Å². The number of halogens is 2. The lowest BCUT2D eigenvalue weighted by molar-refractivity contribution is 0.504. The summed E-state index contributed by atoms with van der Waals surface area (Å²) in [5, 5.41) is 7.82. The topological polar surface area (TPSA) is 109 Å². The molecular weight excluding hydrogens is 352 g/mol. The molecule has 7 nitrogen and oxygen atoms in total. The van der Waals surface area contributed by atoms with Crippen molar-refractivity contribution in [2.45, 2.75) is 0 Å². The number of nitrogens with two attached hydrogens (primary N) is 2. The summed E-state index contributed by atoms with van der Waals surface area (Å²) >= 11 is 0. The van der Waals surface area contributed by atoms with Gasteiger partial charge in [-0.25, -0.2) is 18.7 Å². The fraction of sp³-hybridized carbons (Fsp3) is 0. The van der Waals surface area contributed by atoms with Crippen molar-refractivity contribution in [2.24, 2.45) is 0 Å². The van der Waals surface area contributed by atoms with E-state index in [4.69, 9.17) is 11.5 Å². The Bertz CT molecular complexity index is 1140. The summed E-state index contributed by atoms with van der Waals surface area (Å²) < 4.78 is 29.2. The monoisotopic (exact) mass is 365 g/mol. The summed E-state index contributed by atoms with van der Waals surface area (Å²) in [7, 11) is 0. The second-order valence-electron chi connectivity index (χ2n) is 5.69. The Morgan fingerprint density at radius 3 is 2.56 bits per heavy atom. The lowest BCUT2D eigenvalue weighted by Crippen LogP contribution is -2.04. The third-order valence-corrected chi connectivity index (χ3v) is 4.05. The molecule has 0 aliphatic carbocycles. The number of hydrogen-bond donors (Lipinski definition) is 2. The minimum Gasteiger partial charge on any atom is -0.383 e. The molecule has 9 heteroatoms. The minimum absolute atomic E-state index is 0.0410. The first kappa shape index (κ1) is 16.6. The Hall–Kier alpha value is -3.88. The Balaban J connectivity index is 1.89. The van der Waals surface area contributed by atoms with E-state index in [0.717, 1.165) is 6.07 Å². The third kappa shape index (κ3) is 2.84.